The molecule has 1 aliphatic heterocycles. The number of piperidine rings is 1. The maximum atomic E-state index is 11.8. The van der Waals surface area contributed by atoms with Crippen molar-refractivity contribution in [3.8, 4) is 0 Å². The SMILES string of the molecule is O=C(CCC1CCNCC1)Nc1cccc([N+](=O)[O-])c1. The number of nitro benzene ring substituents is 1. The van der Waals surface area contributed by atoms with Gasteiger partial charge in [0.15, 0.2) is 0 Å². The number of carbonyl (C=O) groups is 1. The molecule has 0 radical (unpaired) electrons. The molecular formula is C14H19N3O3. The molecule has 0 saturated carbocycles. The third-order valence-electron chi connectivity index (χ3n) is 3.58. The first-order chi connectivity index (χ1) is 9.65. The van der Waals surface area contributed by atoms with Crippen LogP contribution in [0.3, 0.4) is 0 Å². The Morgan fingerprint density at radius 3 is 2.85 bits per heavy atom. The second kappa shape index (κ2) is 7.00. The van der Waals surface area contributed by atoms with Crippen LogP contribution < -0.4 is 10.6 Å². The summed E-state index contributed by atoms with van der Waals surface area (Å²) in [6.07, 6.45) is 3.57. The first-order valence-corrected chi connectivity index (χ1v) is 6.90. The number of anilines is 1. The molecule has 0 bridgehead atoms. The van der Waals surface area contributed by atoms with E-state index in [4.69, 9.17) is 0 Å². The molecule has 1 aromatic carbocycles. The maximum absolute atomic E-state index is 11.8. The van der Waals surface area contributed by atoms with Crippen LogP contribution in [0.15, 0.2) is 24.3 Å². The molecule has 1 saturated heterocycles. The Morgan fingerprint density at radius 1 is 1.40 bits per heavy atom. The van der Waals surface area contributed by atoms with Crippen molar-refractivity contribution in [2.75, 3.05) is 18.4 Å². The van der Waals surface area contributed by atoms with Gasteiger partial charge in [0, 0.05) is 24.2 Å². The van der Waals surface area contributed by atoms with E-state index in [9.17, 15) is 14.9 Å². The normalized spacial score (nSPS) is 15.8. The van der Waals surface area contributed by atoms with Gasteiger partial charge < -0.3 is 10.6 Å². The van der Waals surface area contributed by atoms with E-state index in [0.717, 1.165) is 32.4 Å². The summed E-state index contributed by atoms with van der Waals surface area (Å²) < 4.78 is 0. The molecule has 1 heterocycles. The van der Waals surface area contributed by atoms with Crippen LogP contribution in [0.1, 0.15) is 25.7 Å². The highest BCUT2D eigenvalue weighted by atomic mass is 16.6. The number of nitrogens with one attached hydrogen (secondary N) is 2. The third kappa shape index (κ3) is 4.31. The molecule has 0 aliphatic carbocycles. The van der Waals surface area contributed by atoms with Gasteiger partial charge in [-0.15, -0.1) is 0 Å². The Hall–Kier alpha value is -1.95. The van der Waals surface area contributed by atoms with Gasteiger partial charge in [-0.25, -0.2) is 0 Å². The van der Waals surface area contributed by atoms with Crippen LogP contribution in [-0.4, -0.2) is 23.9 Å². The fourth-order valence-corrected chi connectivity index (χ4v) is 2.43. The minimum atomic E-state index is -0.468. The van der Waals surface area contributed by atoms with E-state index in [1.807, 2.05) is 0 Å². The lowest BCUT2D eigenvalue weighted by Gasteiger charge is -2.22. The highest BCUT2D eigenvalue weighted by Crippen LogP contribution is 2.20. The molecule has 108 valence electrons. The molecule has 0 aromatic heterocycles. The number of amides is 1. The van der Waals surface area contributed by atoms with Gasteiger partial charge in [-0.2, -0.15) is 0 Å². The van der Waals surface area contributed by atoms with E-state index in [-0.39, 0.29) is 11.6 Å². The largest absolute Gasteiger partial charge is 0.326 e. The molecule has 1 aliphatic rings. The smallest absolute Gasteiger partial charge is 0.271 e. The predicted molar refractivity (Wildman–Crippen MR) is 76.6 cm³/mol. The van der Waals surface area contributed by atoms with Crippen molar-refractivity contribution in [1.82, 2.24) is 5.32 Å². The highest BCUT2D eigenvalue weighted by molar-refractivity contribution is 5.90. The predicted octanol–water partition coefficient (Wildman–Crippen LogP) is 2.31. The van der Waals surface area contributed by atoms with Crippen LogP contribution in [0.2, 0.25) is 0 Å². The van der Waals surface area contributed by atoms with Gasteiger partial charge in [0.1, 0.15) is 0 Å². The summed E-state index contributed by atoms with van der Waals surface area (Å²) in [5.41, 5.74) is 0.468. The van der Waals surface area contributed by atoms with E-state index in [0.29, 0.717) is 18.0 Å². The Labute approximate surface area is 117 Å². The Morgan fingerprint density at radius 2 is 2.15 bits per heavy atom. The number of carbonyl (C=O) groups excluding carboxylic acids is 1. The van der Waals surface area contributed by atoms with Gasteiger partial charge in [-0.05, 0) is 44.3 Å². The lowest BCUT2D eigenvalue weighted by molar-refractivity contribution is -0.384. The Bertz CT molecular complexity index is 484. The van der Waals surface area contributed by atoms with Crippen LogP contribution in [-0.2, 0) is 4.79 Å². The molecule has 0 unspecified atom stereocenters. The van der Waals surface area contributed by atoms with Gasteiger partial charge in [0.2, 0.25) is 5.91 Å². The topological polar surface area (TPSA) is 84.3 Å². The van der Waals surface area contributed by atoms with E-state index >= 15 is 0 Å². The summed E-state index contributed by atoms with van der Waals surface area (Å²) in [4.78, 5) is 22.0. The van der Waals surface area contributed by atoms with Gasteiger partial charge in [-0.3, -0.25) is 14.9 Å². The number of rotatable bonds is 5. The molecule has 1 fully saturated rings. The summed E-state index contributed by atoms with van der Waals surface area (Å²) >= 11 is 0. The van der Waals surface area contributed by atoms with Crippen molar-refractivity contribution in [1.29, 1.82) is 0 Å². The summed E-state index contributed by atoms with van der Waals surface area (Å²) in [7, 11) is 0. The third-order valence-corrected chi connectivity index (χ3v) is 3.58. The van der Waals surface area contributed by atoms with Crippen molar-refractivity contribution >= 4 is 17.3 Å². The fourth-order valence-electron chi connectivity index (χ4n) is 2.43. The van der Waals surface area contributed by atoms with Crippen molar-refractivity contribution in [3.63, 3.8) is 0 Å². The van der Waals surface area contributed by atoms with Gasteiger partial charge in [0.25, 0.3) is 5.69 Å². The van der Waals surface area contributed by atoms with E-state index in [1.54, 1.807) is 12.1 Å². The maximum Gasteiger partial charge on any atom is 0.271 e. The second-order valence-electron chi connectivity index (χ2n) is 5.09. The van der Waals surface area contributed by atoms with E-state index in [1.165, 1.54) is 12.1 Å². The molecular weight excluding hydrogens is 258 g/mol. The zero-order valence-corrected chi connectivity index (χ0v) is 11.3. The van der Waals surface area contributed by atoms with Crippen LogP contribution in [0.5, 0.6) is 0 Å². The van der Waals surface area contributed by atoms with Crippen LogP contribution in [0.25, 0.3) is 0 Å². The molecule has 20 heavy (non-hydrogen) atoms. The van der Waals surface area contributed by atoms with Gasteiger partial charge >= 0.3 is 0 Å². The molecule has 2 rings (SSSR count). The summed E-state index contributed by atoms with van der Waals surface area (Å²) in [6.45, 7) is 2.05. The average Bonchev–Trinajstić information content (AvgIpc) is 2.46. The number of nitrogens with zero attached hydrogens (tertiary/aromatic N) is 1. The van der Waals surface area contributed by atoms with Crippen LogP contribution in [0.4, 0.5) is 11.4 Å². The van der Waals surface area contributed by atoms with Crippen molar-refractivity contribution < 1.29 is 9.72 Å². The summed E-state index contributed by atoms with van der Waals surface area (Å²) in [6, 6.07) is 6.02. The molecule has 6 nitrogen and oxygen atoms in total. The summed E-state index contributed by atoms with van der Waals surface area (Å²) in [5.74, 6) is 0.524. The molecule has 1 amide bonds. The van der Waals surface area contributed by atoms with Crippen LogP contribution in [0, 0.1) is 16.0 Å². The highest BCUT2D eigenvalue weighted by Gasteiger charge is 2.15. The molecule has 1 aromatic rings. The fraction of sp³-hybridized carbons (Fsp3) is 0.500. The molecule has 2 N–H and O–H groups in total. The summed E-state index contributed by atoms with van der Waals surface area (Å²) in [5, 5.41) is 16.7. The van der Waals surface area contributed by atoms with Gasteiger partial charge in [0.05, 0.1) is 4.92 Å². The molecule has 6 heteroatoms. The van der Waals surface area contributed by atoms with Crippen LogP contribution >= 0.6 is 0 Å². The number of nitro groups is 1. The number of hydrogen-bond acceptors (Lipinski definition) is 4. The monoisotopic (exact) mass is 277 g/mol. The van der Waals surface area contributed by atoms with E-state index in [2.05, 4.69) is 10.6 Å². The Kier molecular flexibility index (Phi) is 5.06. The zero-order valence-electron chi connectivity index (χ0n) is 11.3. The first-order valence-electron chi connectivity index (χ1n) is 6.90. The van der Waals surface area contributed by atoms with Crippen molar-refractivity contribution in [2.45, 2.75) is 25.7 Å². The van der Waals surface area contributed by atoms with Gasteiger partial charge in [-0.1, -0.05) is 6.07 Å². The average molecular weight is 277 g/mol. The molecule has 0 spiro atoms. The number of non-ortho nitro benzene ring substituents is 1. The zero-order chi connectivity index (χ0) is 14.4. The lowest BCUT2D eigenvalue weighted by atomic mass is 9.93. The minimum Gasteiger partial charge on any atom is -0.326 e. The van der Waals surface area contributed by atoms with E-state index < -0.39 is 4.92 Å². The van der Waals surface area contributed by atoms with Crippen molar-refractivity contribution in [3.05, 3.63) is 34.4 Å². The lowest BCUT2D eigenvalue weighted by Crippen LogP contribution is -2.28. The Balaban J connectivity index is 1.81. The standard InChI is InChI=1S/C14H19N3O3/c18-14(5-4-11-6-8-15-9-7-11)16-12-2-1-3-13(10-12)17(19)20/h1-3,10-11,15H,4-9H2,(H,16,18). The minimum absolute atomic E-state index is 0.0128. The number of hydrogen-bond donors (Lipinski definition) is 2. The first kappa shape index (κ1) is 14.5. The quantitative estimate of drug-likeness (QED) is 0.639. The van der Waals surface area contributed by atoms with Crippen molar-refractivity contribution in [2.24, 2.45) is 5.92 Å². The molecule has 0 atom stereocenters. The second-order valence-corrected chi connectivity index (χ2v) is 5.09. The number of benzene rings is 1.